The summed E-state index contributed by atoms with van der Waals surface area (Å²) >= 11 is 5.72. The van der Waals surface area contributed by atoms with E-state index in [-0.39, 0.29) is 54.1 Å². The highest BCUT2D eigenvalue weighted by molar-refractivity contribution is 6.31. The molecule has 3 rings (SSSR count). The zero-order valence-corrected chi connectivity index (χ0v) is 20.6. The van der Waals surface area contributed by atoms with Crippen molar-refractivity contribution in [2.45, 2.75) is 31.2 Å². The van der Waals surface area contributed by atoms with Crippen LogP contribution in [0.5, 0.6) is 11.5 Å². The lowest BCUT2D eigenvalue weighted by molar-refractivity contribution is -0.141. The van der Waals surface area contributed by atoms with Crippen LogP contribution in [-0.2, 0) is 17.1 Å². The Hall–Kier alpha value is -3.89. The number of hydrogen-bond donors (Lipinski definition) is 4. The summed E-state index contributed by atoms with van der Waals surface area (Å²) in [5.74, 6) is 1.04. The van der Waals surface area contributed by atoms with Crippen molar-refractivity contribution in [3.05, 3.63) is 52.7 Å². The Kier molecular flexibility index (Phi) is 9.03. The van der Waals surface area contributed by atoms with Gasteiger partial charge in [0.25, 0.3) is 0 Å². The number of phenols is 1. The third-order valence-electron chi connectivity index (χ3n) is 5.41. The fourth-order valence-corrected chi connectivity index (χ4v) is 3.72. The van der Waals surface area contributed by atoms with Crippen LogP contribution in [0.15, 0.2) is 36.4 Å². The number of nitrogens with one attached hydrogen (secondary N) is 2. The average Bonchev–Trinajstić information content (AvgIpc) is 3.34. The lowest BCUT2D eigenvalue weighted by atomic mass is 9.97. The summed E-state index contributed by atoms with van der Waals surface area (Å²) in [6, 6.07) is 5.10. The second-order valence-corrected chi connectivity index (χ2v) is 8.61. The van der Waals surface area contributed by atoms with Crippen LogP contribution < -0.4 is 15.8 Å². The highest BCUT2D eigenvalue weighted by atomic mass is 35.5. The summed E-state index contributed by atoms with van der Waals surface area (Å²) < 4.78 is 85.3. The first-order valence-corrected chi connectivity index (χ1v) is 11.6. The third kappa shape index (κ3) is 7.15. The summed E-state index contributed by atoms with van der Waals surface area (Å²) in [7, 11) is 0. The van der Waals surface area contributed by atoms with Crippen molar-refractivity contribution >= 4 is 17.5 Å². The number of hydrogen-bond acceptors (Lipinski definition) is 5. The average molecular weight is 575 g/mol. The van der Waals surface area contributed by atoms with Gasteiger partial charge in [0, 0.05) is 18.5 Å². The minimum atomic E-state index is -4.83. The molecule has 0 saturated heterocycles. The number of aromatic hydroxyl groups is 1. The van der Waals surface area contributed by atoms with Gasteiger partial charge in [-0.05, 0) is 42.3 Å². The topological polar surface area (TPSA) is 113 Å². The molecule has 3 aromatic rings. The summed E-state index contributed by atoms with van der Waals surface area (Å²) in [5.41, 5.74) is 2.33. The molecule has 0 aliphatic rings. The highest BCUT2D eigenvalue weighted by Crippen LogP contribution is 2.46. The highest BCUT2D eigenvalue weighted by Gasteiger charge is 2.35. The number of carbonyl (C=O) groups excluding carboxylic acids is 1. The van der Waals surface area contributed by atoms with Crippen molar-refractivity contribution in [1.29, 1.82) is 0 Å². The predicted octanol–water partition coefficient (Wildman–Crippen LogP) is 5.38. The van der Waals surface area contributed by atoms with Crippen molar-refractivity contribution < 1.29 is 41.0 Å². The van der Waals surface area contributed by atoms with E-state index in [0.29, 0.717) is 12.1 Å². The zero-order chi connectivity index (χ0) is 29.0. The van der Waals surface area contributed by atoms with Crippen LogP contribution >= 0.6 is 11.6 Å². The molecule has 0 bridgehead atoms. The number of aromatic amines is 1. The molecule has 1 aromatic heterocycles. The molecule has 5 N–H and O–H groups in total. The SMILES string of the molecule is C#CCC(N)C(=O)NCCCOc1ccc(-c2cc(C(F)(F)F)[nH]n2)c(O)c1-c1ccc(Cl)c(C(F)(F)F)c1. The number of benzene rings is 2. The Morgan fingerprint density at radius 2 is 1.90 bits per heavy atom. The fraction of sp³-hybridized carbons (Fsp3) is 0.280. The zero-order valence-electron chi connectivity index (χ0n) is 19.9. The van der Waals surface area contributed by atoms with Gasteiger partial charge in [0.1, 0.15) is 17.2 Å². The first-order chi connectivity index (χ1) is 18.2. The number of alkyl halides is 6. The Bertz CT molecular complexity index is 1380. The van der Waals surface area contributed by atoms with Gasteiger partial charge in [-0.25, -0.2) is 0 Å². The first kappa shape index (κ1) is 29.7. The molecular weight excluding hydrogens is 554 g/mol. The molecule has 0 radical (unpaired) electrons. The summed E-state index contributed by atoms with van der Waals surface area (Å²) in [6.45, 7) is 0.0694. The minimum Gasteiger partial charge on any atom is -0.506 e. The van der Waals surface area contributed by atoms with Crippen LogP contribution in [0.1, 0.15) is 24.1 Å². The molecule has 14 heteroatoms. The van der Waals surface area contributed by atoms with Gasteiger partial charge < -0.3 is 20.9 Å². The van der Waals surface area contributed by atoms with Crippen molar-refractivity contribution in [2.24, 2.45) is 5.73 Å². The summed E-state index contributed by atoms with van der Waals surface area (Å²) in [6.07, 6.45) is -4.18. The third-order valence-corrected chi connectivity index (χ3v) is 5.74. The van der Waals surface area contributed by atoms with Gasteiger partial charge in [-0.2, -0.15) is 31.4 Å². The van der Waals surface area contributed by atoms with E-state index in [0.717, 1.165) is 6.07 Å². The van der Waals surface area contributed by atoms with E-state index >= 15 is 0 Å². The maximum absolute atomic E-state index is 13.5. The molecule has 2 aromatic carbocycles. The van der Waals surface area contributed by atoms with Crippen LogP contribution in [0.3, 0.4) is 0 Å². The molecule has 1 heterocycles. The van der Waals surface area contributed by atoms with Crippen molar-refractivity contribution in [2.75, 3.05) is 13.2 Å². The quantitative estimate of drug-likeness (QED) is 0.156. The van der Waals surface area contributed by atoms with E-state index in [2.05, 4.69) is 16.3 Å². The molecule has 1 atom stereocenters. The molecule has 0 spiro atoms. The van der Waals surface area contributed by atoms with E-state index < -0.39 is 46.3 Å². The number of amides is 1. The van der Waals surface area contributed by atoms with Crippen molar-refractivity contribution in [3.63, 3.8) is 0 Å². The minimum absolute atomic E-state index is 0.0405. The Labute approximate surface area is 223 Å². The number of nitrogens with two attached hydrogens (primary N) is 1. The maximum Gasteiger partial charge on any atom is 0.432 e. The molecule has 7 nitrogen and oxygen atoms in total. The van der Waals surface area contributed by atoms with E-state index in [1.165, 1.54) is 18.2 Å². The number of H-pyrrole nitrogens is 1. The Balaban J connectivity index is 1.95. The number of halogens is 7. The molecule has 208 valence electrons. The molecular formula is C25H21ClF6N4O3. The number of rotatable bonds is 9. The van der Waals surface area contributed by atoms with Crippen molar-refractivity contribution in [1.82, 2.24) is 15.5 Å². The maximum atomic E-state index is 13.5. The van der Waals surface area contributed by atoms with Crippen LogP contribution in [0.4, 0.5) is 26.3 Å². The van der Waals surface area contributed by atoms with Gasteiger partial charge in [0.05, 0.1) is 34.5 Å². The van der Waals surface area contributed by atoms with Gasteiger partial charge in [-0.3, -0.25) is 9.89 Å². The Morgan fingerprint density at radius 1 is 1.18 bits per heavy atom. The van der Waals surface area contributed by atoms with Crippen molar-refractivity contribution in [3.8, 4) is 46.2 Å². The number of carbonyl (C=O) groups is 1. The first-order valence-electron chi connectivity index (χ1n) is 11.2. The summed E-state index contributed by atoms with van der Waals surface area (Å²) in [4.78, 5) is 11.8. The molecule has 0 aliphatic carbocycles. The second-order valence-electron chi connectivity index (χ2n) is 8.20. The smallest absolute Gasteiger partial charge is 0.432 e. The van der Waals surface area contributed by atoms with Crippen LogP contribution in [-0.4, -0.2) is 40.4 Å². The molecule has 39 heavy (non-hydrogen) atoms. The lowest BCUT2D eigenvalue weighted by Crippen LogP contribution is -2.40. The van der Waals surface area contributed by atoms with Gasteiger partial charge >= 0.3 is 12.4 Å². The molecule has 0 fully saturated rings. The lowest BCUT2D eigenvalue weighted by Gasteiger charge is -2.17. The predicted molar refractivity (Wildman–Crippen MR) is 131 cm³/mol. The monoisotopic (exact) mass is 574 g/mol. The van der Waals surface area contributed by atoms with E-state index in [1.54, 1.807) is 0 Å². The number of phenolic OH excluding ortho intramolecular Hbond substituents is 1. The normalized spacial score (nSPS) is 12.6. The fourth-order valence-electron chi connectivity index (χ4n) is 3.50. The largest absolute Gasteiger partial charge is 0.506 e. The van der Waals surface area contributed by atoms with E-state index in [4.69, 9.17) is 28.5 Å². The second kappa shape index (κ2) is 11.9. The number of ether oxygens (including phenoxy) is 1. The van der Waals surface area contributed by atoms with Gasteiger partial charge in [0.15, 0.2) is 0 Å². The number of terminal acetylenes is 1. The van der Waals surface area contributed by atoms with Gasteiger partial charge in [-0.1, -0.05) is 17.7 Å². The van der Waals surface area contributed by atoms with E-state index in [9.17, 15) is 36.2 Å². The number of nitrogens with zero attached hydrogens (tertiary/aromatic N) is 1. The van der Waals surface area contributed by atoms with Crippen LogP contribution in [0, 0.1) is 12.3 Å². The molecule has 0 aliphatic heterocycles. The van der Waals surface area contributed by atoms with Gasteiger partial charge in [-0.15, -0.1) is 12.3 Å². The standard InChI is InChI=1S/C25H21ClF6N4O3/c1-2-4-17(33)23(38)34-9-3-10-39-19-8-6-14(18-12-20(36-35-18)25(30,31)32)22(37)21(19)13-5-7-16(26)15(11-13)24(27,28)29/h1,5-8,11-12,17,37H,3-4,9-10,33H2,(H,34,38)(H,35,36). The molecule has 0 saturated carbocycles. The molecule has 1 unspecified atom stereocenters. The van der Waals surface area contributed by atoms with Crippen LogP contribution in [0.2, 0.25) is 5.02 Å². The Morgan fingerprint density at radius 3 is 2.51 bits per heavy atom. The molecule has 1 amide bonds. The van der Waals surface area contributed by atoms with E-state index in [1.807, 2.05) is 5.10 Å². The number of aromatic nitrogens is 2. The van der Waals surface area contributed by atoms with Gasteiger partial charge in [0.2, 0.25) is 5.91 Å². The summed E-state index contributed by atoms with van der Waals surface area (Å²) in [5, 5.41) is 18.4. The van der Waals surface area contributed by atoms with Crippen LogP contribution in [0.25, 0.3) is 22.4 Å².